The molecule has 0 radical (unpaired) electrons. The maximum atomic E-state index is 12.1. The summed E-state index contributed by atoms with van der Waals surface area (Å²) in [5.74, 6) is 0. The third-order valence-electron chi connectivity index (χ3n) is 2.78. The van der Waals surface area contributed by atoms with Crippen molar-refractivity contribution in [3.05, 3.63) is 29.3 Å². The van der Waals surface area contributed by atoms with Crippen LogP contribution in [0.4, 0.5) is 0 Å². The van der Waals surface area contributed by atoms with Crippen LogP contribution < -0.4 is 4.72 Å². The van der Waals surface area contributed by atoms with Crippen molar-refractivity contribution in [1.29, 1.82) is 0 Å². The number of hydrogen-bond acceptors (Lipinski definition) is 2. The molecule has 0 aliphatic heterocycles. The van der Waals surface area contributed by atoms with Gasteiger partial charge in [-0.15, -0.1) is 0 Å². The van der Waals surface area contributed by atoms with Crippen molar-refractivity contribution in [1.82, 2.24) is 4.72 Å². The monoisotopic (exact) mass is 239 g/mol. The van der Waals surface area contributed by atoms with Crippen LogP contribution >= 0.6 is 0 Å². The molecule has 0 bridgehead atoms. The summed E-state index contributed by atoms with van der Waals surface area (Å²) >= 11 is 0. The van der Waals surface area contributed by atoms with E-state index in [1.807, 2.05) is 26.0 Å². The van der Waals surface area contributed by atoms with E-state index in [1.54, 1.807) is 6.07 Å². The van der Waals surface area contributed by atoms with Crippen LogP contribution in [0.15, 0.2) is 23.1 Å². The van der Waals surface area contributed by atoms with Gasteiger partial charge in [-0.2, -0.15) is 0 Å². The van der Waals surface area contributed by atoms with E-state index in [4.69, 9.17) is 0 Å². The third-order valence-corrected chi connectivity index (χ3v) is 4.53. The average Bonchev–Trinajstić information content (AvgIpc) is 2.62. The first-order valence-electron chi connectivity index (χ1n) is 5.64. The Morgan fingerprint density at radius 2 is 2.00 bits per heavy atom. The van der Waals surface area contributed by atoms with Gasteiger partial charge in [0.25, 0.3) is 0 Å². The van der Waals surface area contributed by atoms with E-state index in [0.29, 0.717) is 4.90 Å². The van der Waals surface area contributed by atoms with Crippen molar-refractivity contribution in [3.8, 4) is 0 Å². The summed E-state index contributed by atoms with van der Waals surface area (Å²) in [7, 11) is -3.33. The van der Waals surface area contributed by atoms with E-state index in [9.17, 15) is 8.42 Å². The Kier molecular flexibility index (Phi) is 3.04. The number of hydrogen-bond donors (Lipinski definition) is 1. The van der Waals surface area contributed by atoms with E-state index in [-0.39, 0.29) is 6.04 Å². The van der Waals surface area contributed by atoms with Crippen LogP contribution in [0.3, 0.4) is 0 Å². The molecule has 0 saturated heterocycles. The predicted octanol–water partition coefficient (Wildman–Crippen LogP) is 1.86. The zero-order valence-electron chi connectivity index (χ0n) is 9.66. The van der Waals surface area contributed by atoms with Gasteiger partial charge in [0.15, 0.2) is 0 Å². The normalized spacial score (nSPS) is 15.4. The number of benzene rings is 1. The standard InChI is InChI=1S/C12H17NO2S/c1-9(2)13-16(14,15)12-8-4-6-10-5-3-7-11(10)12/h4,6,8-9,13H,3,5,7H2,1-2H3. The lowest BCUT2D eigenvalue weighted by Gasteiger charge is -2.12. The van der Waals surface area contributed by atoms with Crippen LogP contribution in [-0.2, 0) is 22.9 Å². The van der Waals surface area contributed by atoms with Gasteiger partial charge in [-0.1, -0.05) is 12.1 Å². The highest BCUT2D eigenvalue weighted by molar-refractivity contribution is 7.89. The van der Waals surface area contributed by atoms with Gasteiger partial charge in [0.2, 0.25) is 10.0 Å². The summed E-state index contributed by atoms with van der Waals surface area (Å²) in [6, 6.07) is 5.49. The Morgan fingerprint density at radius 1 is 1.25 bits per heavy atom. The Bertz CT molecular complexity index is 492. The molecule has 1 aromatic rings. The van der Waals surface area contributed by atoms with Gasteiger partial charge >= 0.3 is 0 Å². The first-order chi connectivity index (χ1) is 7.50. The lowest BCUT2D eigenvalue weighted by atomic mass is 10.1. The molecule has 0 spiro atoms. The Hall–Kier alpha value is -0.870. The van der Waals surface area contributed by atoms with Gasteiger partial charge in [0, 0.05) is 6.04 Å². The van der Waals surface area contributed by atoms with Gasteiger partial charge in [-0.3, -0.25) is 0 Å². The molecule has 0 heterocycles. The minimum Gasteiger partial charge on any atom is -0.209 e. The van der Waals surface area contributed by atoms with E-state index < -0.39 is 10.0 Å². The number of aryl methyl sites for hydroxylation is 1. The second kappa shape index (κ2) is 4.18. The molecule has 1 aliphatic carbocycles. The molecule has 0 aromatic heterocycles. The highest BCUT2D eigenvalue weighted by atomic mass is 32.2. The van der Waals surface area contributed by atoms with Crippen LogP contribution in [0.5, 0.6) is 0 Å². The summed E-state index contributed by atoms with van der Waals surface area (Å²) in [6.07, 6.45) is 2.94. The molecule has 1 aromatic carbocycles. The van der Waals surface area contributed by atoms with Crippen LogP contribution in [0.1, 0.15) is 31.4 Å². The average molecular weight is 239 g/mol. The van der Waals surface area contributed by atoms with E-state index in [2.05, 4.69) is 4.72 Å². The van der Waals surface area contributed by atoms with E-state index in [0.717, 1.165) is 24.8 Å². The molecule has 0 atom stereocenters. The van der Waals surface area contributed by atoms with Gasteiger partial charge in [-0.05, 0) is 50.3 Å². The molecule has 4 heteroatoms. The van der Waals surface area contributed by atoms with Crippen molar-refractivity contribution in [2.45, 2.75) is 44.0 Å². The lowest BCUT2D eigenvalue weighted by Crippen LogP contribution is -2.30. The van der Waals surface area contributed by atoms with Crippen LogP contribution in [-0.4, -0.2) is 14.5 Å². The third kappa shape index (κ3) is 2.13. The minimum atomic E-state index is -3.33. The van der Waals surface area contributed by atoms with Crippen LogP contribution in [0.25, 0.3) is 0 Å². The van der Waals surface area contributed by atoms with Gasteiger partial charge in [-0.25, -0.2) is 13.1 Å². The fourth-order valence-corrected chi connectivity index (χ4v) is 3.77. The number of nitrogens with one attached hydrogen (secondary N) is 1. The van der Waals surface area contributed by atoms with Crippen molar-refractivity contribution in [2.24, 2.45) is 0 Å². The largest absolute Gasteiger partial charge is 0.241 e. The maximum Gasteiger partial charge on any atom is 0.241 e. The van der Waals surface area contributed by atoms with Gasteiger partial charge in [0.1, 0.15) is 0 Å². The molecular weight excluding hydrogens is 222 g/mol. The highest BCUT2D eigenvalue weighted by Gasteiger charge is 2.23. The molecule has 3 nitrogen and oxygen atoms in total. The van der Waals surface area contributed by atoms with Crippen LogP contribution in [0.2, 0.25) is 0 Å². The van der Waals surface area contributed by atoms with Crippen molar-refractivity contribution >= 4 is 10.0 Å². The van der Waals surface area contributed by atoms with Crippen LogP contribution in [0, 0.1) is 0 Å². The number of fused-ring (bicyclic) bond motifs is 1. The smallest absolute Gasteiger partial charge is 0.209 e. The number of rotatable bonds is 3. The fraction of sp³-hybridized carbons (Fsp3) is 0.500. The fourth-order valence-electron chi connectivity index (χ4n) is 2.21. The molecular formula is C12H17NO2S. The first kappa shape index (κ1) is 11.6. The van der Waals surface area contributed by atoms with E-state index in [1.165, 1.54) is 5.56 Å². The predicted molar refractivity (Wildman–Crippen MR) is 63.9 cm³/mol. The van der Waals surface area contributed by atoms with Crippen molar-refractivity contribution < 1.29 is 8.42 Å². The zero-order chi connectivity index (χ0) is 11.8. The molecule has 0 amide bonds. The second-order valence-electron chi connectivity index (χ2n) is 4.52. The summed E-state index contributed by atoms with van der Waals surface area (Å²) in [6.45, 7) is 3.67. The summed E-state index contributed by atoms with van der Waals surface area (Å²) in [5.41, 5.74) is 2.20. The summed E-state index contributed by atoms with van der Waals surface area (Å²) in [4.78, 5) is 0.469. The molecule has 2 rings (SSSR count). The molecule has 0 fully saturated rings. The molecule has 0 unspecified atom stereocenters. The molecule has 16 heavy (non-hydrogen) atoms. The Balaban J connectivity index is 2.45. The van der Waals surface area contributed by atoms with Gasteiger partial charge < -0.3 is 0 Å². The summed E-state index contributed by atoms with van der Waals surface area (Å²) < 4.78 is 26.8. The topological polar surface area (TPSA) is 46.2 Å². The van der Waals surface area contributed by atoms with Crippen molar-refractivity contribution in [2.75, 3.05) is 0 Å². The minimum absolute atomic E-state index is 0.0674. The highest BCUT2D eigenvalue weighted by Crippen LogP contribution is 2.28. The lowest BCUT2D eigenvalue weighted by molar-refractivity contribution is 0.569. The maximum absolute atomic E-state index is 12.1. The Labute approximate surface area is 96.9 Å². The Morgan fingerprint density at radius 3 is 2.69 bits per heavy atom. The van der Waals surface area contributed by atoms with Crippen molar-refractivity contribution in [3.63, 3.8) is 0 Å². The van der Waals surface area contributed by atoms with Gasteiger partial charge in [0.05, 0.1) is 4.90 Å². The second-order valence-corrected chi connectivity index (χ2v) is 6.21. The zero-order valence-corrected chi connectivity index (χ0v) is 10.5. The number of sulfonamides is 1. The quantitative estimate of drug-likeness (QED) is 0.875. The molecule has 1 aliphatic rings. The molecule has 88 valence electrons. The SMILES string of the molecule is CC(C)NS(=O)(=O)c1cccc2c1CCC2. The first-order valence-corrected chi connectivity index (χ1v) is 7.12. The molecule has 0 saturated carbocycles. The molecule has 1 N–H and O–H groups in total. The van der Waals surface area contributed by atoms with E-state index >= 15 is 0 Å². The summed E-state index contributed by atoms with van der Waals surface area (Å²) in [5, 5.41) is 0.